The number of nitrogens with zero attached hydrogens (tertiary/aromatic N) is 1. The van der Waals surface area contributed by atoms with Crippen molar-refractivity contribution in [3.8, 4) is 0 Å². The molecule has 0 saturated heterocycles. The molecule has 2 rings (SSSR count). The zero-order chi connectivity index (χ0) is 8.72. The molecule has 0 fully saturated rings. The molecule has 0 bridgehead atoms. The van der Waals surface area contributed by atoms with Crippen molar-refractivity contribution >= 4 is 26.8 Å². The van der Waals surface area contributed by atoms with Gasteiger partial charge in [0, 0.05) is 23.2 Å². The first-order chi connectivity index (χ1) is 5.68. The Hall–Kier alpha value is -0.760. The van der Waals surface area contributed by atoms with Gasteiger partial charge in [0.2, 0.25) is 0 Å². The molecule has 1 aromatic carbocycles. The van der Waals surface area contributed by atoms with E-state index in [1.807, 2.05) is 0 Å². The quantitative estimate of drug-likeness (QED) is 0.647. The van der Waals surface area contributed by atoms with Crippen LogP contribution in [0.4, 0.5) is 0 Å². The number of fused-ring (bicyclic) bond motifs is 1. The third-order valence-electron chi connectivity index (χ3n) is 2.17. The van der Waals surface area contributed by atoms with E-state index < -0.39 is 0 Å². The summed E-state index contributed by atoms with van der Waals surface area (Å²) in [5, 5.41) is 1.30. The Morgan fingerprint density at radius 1 is 1.33 bits per heavy atom. The first-order valence-electron chi connectivity index (χ1n) is 3.89. The SMILES string of the molecule is Cc1cc2ccn(C)c2cc1Br. The maximum atomic E-state index is 3.52. The van der Waals surface area contributed by atoms with E-state index >= 15 is 0 Å². The summed E-state index contributed by atoms with van der Waals surface area (Å²) in [6.45, 7) is 2.11. The van der Waals surface area contributed by atoms with Crippen LogP contribution < -0.4 is 0 Å². The van der Waals surface area contributed by atoms with Crippen molar-refractivity contribution in [3.05, 3.63) is 34.4 Å². The molecule has 0 amide bonds. The molecule has 0 spiro atoms. The Labute approximate surface area is 80.1 Å². The van der Waals surface area contributed by atoms with E-state index in [1.54, 1.807) is 0 Å². The van der Waals surface area contributed by atoms with E-state index in [4.69, 9.17) is 0 Å². The van der Waals surface area contributed by atoms with Crippen LogP contribution in [-0.2, 0) is 7.05 Å². The fraction of sp³-hybridized carbons (Fsp3) is 0.200. The van der Waals surface area contributed by atoms with Gasteiger partial charge in [0.05, 0.1) is 0 Å². The van der Waals surface area contributed by atoms with E-state index in [-0.39, 0.29) is 0 Å². The zero-order valence-electron chi connectivity index (χ0n) is 7.13. The van der Waals surface area contributed by atoms with Crippen LogP contribution in [0, 0.1) is 6.92 Å². The predicted octanol–water partition coefficient (Wildman–Crippen LogP) is 3.25. The molecule has 2 aromatic rings. The molecule has 2 heteroatoms. The molecule has 1 nitrogen and oxygen atoms in total. The molecular formula is C10H10BrN. The van der Waals surface area contributed by atoms with Crippen molar-refractivity contribution in [1.82, 2.24) is 4.57 Å². The van der Waals surface area contributed by atoms with Crippen molar-refractivity contribution in [2.75, 3.05) is 0 Å². The lowest BCUT2D eigenvalue weighted by Gasteiger charge is -2.00. The summed E-state index contributed by atoms with van der Waals surface area (Å²) in [6, 6.07) is 6.48. The summed E-state index contributed by atoms with van der Waals surface area (Å²) < 4.78 is 3.30. The summed E-state index contributed by atoms with van der Waals surface area (Å²) in [4.78, 5) is 0. The van der Waals surface area contributed by atoms with Crippen LogP contribution in [0.2, 0.25) is 0 Å². The molecule has 0 aliphatic carbocycles. The molecule has 0 atom stereocenters. The lowest BCUT2D eigenvalue weighted by Crippen LogP contribution is -1.84. The fourth-order valence-electron chi connectivity index (χ4n) is 1.40. The minimum atomic E-state index is 1.18. The Bertz CT molecular complexity index is 429. The van der Waals surface area contributed by atoms with E-state index in [2.05, 4.69) is 58.9 Å². The maximum Gasteiger partial charge on any atom is 0.0489 e. The topological polar surface area (TPSA) is 4.93 Å². The van der Waals surface area contributed by atoms with Crippen LogP contribution in [0.3, 0.4) is 0 Å². The van der Waals surface area contributed by atoms with Crippen molar-refractivity contribution in [2.24, 2.45) is 7.05 Å². The monoisotopic (exact) mass is 223 g/mol. The largest absolute Gasteiger partial charge is 0.351 e. The average Bonchev–Trinajstić information content (AvgIpc) is 2.35. The summed E-state index contributed by atoms with van der Waals surface area (Å²) in [7, 11) is 2.06. The van der Waals surface area contributed by atoms with Crippen molar-refractivity contribution in [1.29, 1.82) is 0 Å². The van der Waals surface area contributed by atoms with Crippen molar-refractivity contribution in [2.45, 2.75) is 6.92 Å². The zero-order valence-corrected chi connectivity index (χ0v) is 8.72. The number of hydrogen-bond donors (Lipinski definition) is 0. The molecule has 12 heavy (non-hydrogen) atoms. The molecule has 0 N–H and O–H groups in total. The minimum Gasteiger partial charge on any atom is -0.351 e. The van der Waals surface area contributed by atoms with Gasteiger partial charge in [0.15, 0.2) is 0 Å². The summed E-state index contributed by atoms with van der Waals surface area (Å²) in [6.07, 6.45) is 2.08. The van der Waals surface area contributed by atoms with Crippen LogP contribution in [0.5, 0.6) is 0 Å². The van der Waals surface area contributed by atoms with Gasteiger partial charge in [-0.05, 0) is 36.1 Å². The molecular weight excluding hydrogens is 214 g/mol. The molecule has 1 aromatic heterocycles. The van der Waals surface area contributed by atoms with E-state index in [0.717, 1.165) is 0 Å². The Kier molecular flexibility index (Phi) is 1.72. The Balaban J connectivity index is 2.87. The molecule has 0 aliphatic heterocycles. The second-order valence-corrected chi connectivity index (χ2v) is 3.94. The maximum absolute atomic E-state index is 3.52. The minimum absolute atomic E-state index is 1.18. The molecule has 0 unspecified atom stereocenters. The van der Waals surface area contributed by atoms with Gasteiger partial charge in [0.25, 0.3) is 0 Å². The highest BCUT2D eigenvalue weighted by Gasteiger charge is 2.00. The number of hydrogen-bond acceptors (Lipinski definition) is 0. The molecule has 0 radical (unpaired) electrons. The average molecular weight is 224 g/mol. The molecule has 0 saturated carbocycles. The van der Waals surface area contributed by atoms with Crippen LogP contribution in [0.15, 0.2) is 28.9 Å². The normalized spacial score (nSPS) is 10.9. The third-order valence-corrected chi connectivity index (χ3v) is 3.02. The molecule has 0 aliphatic rings. The molecule has 1 heterocycles. The predicted molar refractivity (Wildman–Crippen MR) is 55.4 cm³/mol. The summed E-state index contributed by atoms with van der Waals surface area (Å²) in [5.74, 6) is 0. The number of rotatable bonds is 0. The van der Waals surface area contributed by atoms with Gasteiger partial charge in [-0.25, -0.2) is 0 Å². The van der Waals surface area contributed by atoms with Crippen molar-refractivity contribution in [3.63, 3.8) is 0 Å². The van der Waals surface area contributed by atoms with Gasteiger partial charge in [-0.2, -0.15) is 0 Å². The first-order valence-corrected chi connectivity index (χ1v) is 4.69. The van der Waals surface area contributed by atoms with Gasteiger partial charge in [-0.3, -0.25) is 0 Å². The van der Waals surface area contributed by atoms with Gasteiger partial charge in [-0.1, -0.05) is 15.9 Å². The van der Waals surface area contributed by atoms with Gasteiger partial charge < -0.3 is 4.57 Å². The summed E-state index contributed by atoms with van der Waals surface area (Å²) in [5.41, 5.74) is 2.56. The molecule has 62 valence electrons. The lowest BCUT2D eigenvalue weighted by molar-refractivity contribution is 0.968. The second-order valence-electron chi connectivity index (χ2n) is 3.09. The van der Waals surface area contributed by atoms with Crippen LogP contribution in [0.25, 0.3) is 10.9 Å². The van der Waals surface area contributed by atoms with E-state index in [9.17, 15) is 0 Å². The van der Waals surface area contributed by atoms with E-state index in [0.29, 0.717) is 0 Å². The number of benzene rings is 1. The van der Waals surface area contributed by atoms with Crippen LogP contribution in [-0.4, -0.2) is 4.57 Å². The second kappa shape index (κ2) is 2.63. The Morgan fingerprint density at radius 3 is 2.83 bits per heavy atom. The number of halogens is 1. The first kappa shape index (κ1) is 7.87. The Morgan fingerprint density at radius 2 is 2.08 bits per heavy atom. The van der Waals surface area contributed by atoms with Gasteiger partial charge in [-0.15, -0.1) is 0 Å². The van der Waals surface area contributed by atoms with E-state index in [1.165, 1.54) is 20.9 Å². The van der Waals surface area contributed by atoms with Crippen LogP contribution >= 0.6 is 15.9 Å². The highest BCUT2D eigenvalue weighted by atomic mass is 79.9. The highest BCUT2D eigenvalue weighted by molar-refractivity contribution is 9.10. The highest BCUT2D eigenvalue weighted by Crippen LogP contribution is 2.23. The van der Waals surface area contributed by atoms with Gasteiger partial charge in [0.1, 0.15) is 0 Å². The van der Waals surface area contributed by atoms with Crippen molar-refractivity contribution < 1.29 is 0 Å². The number of aromatic nitrogens is 1. The third kappa shape index (κ3) is 1.07. The standard InChI is InChI=1S/C10H10BrN/c1-7-5-8-3-4-12(2)10(8)6-9(7)11/h3-6H,1-2H3. The number of aryl methyl sites for hydroxylation is 2. The van der Waals surface area contributed by atoms with Gasteiger partial charge >= 0.3 is 0 Å². The lowest BCUT2D eigenvalue weighted by atomic mass is 10.2. The summed E-state index contributed by atoms with van der Waals surface area (Å²) >= 11 is 3.52. The smallest absolute Gasteiger partial charge is 0.0489 e. The fourth-order valence-corrected chi connectivity index (χ4v) is 1.74. The van der Waals surface area contributed by atoms with Crippen LogP contribution in [0.1, 0.15) is 5.56 Å².